The van der Waals surface area contributed by atoms with Gasteiger partial charge in [0.15, 0.2) is 0 Å². The lowest BCUT2D eigenvalue weighted by Gasteiger charge is -2.17. The molecule has 7 heteroatoms. The van der Waals surface area contributed by atoms with Gasteiger partial charge in [-0.2, -0.15) is 0 Å². The highest BCUT2D eigenvalue weighted by atomic mass is 35.5. The van der Waals surface area contributed by atoms with Crippen molar-refractivity contribution in [2.45, 2.75) is 26.3 Å². The van der Waals surface area contributed by atoms with Crippen molar-refractivity contribution in [1.82, 2.24) is 5.32 Å². The van der Waals surface area contributed by atoms with Crippen molar-refractivity contribution in [2.24, 2.45) is 5.92 Å². The normalized spacial score (nSPS) is 16.3. The first kappa shape index (κ1) is 20.1. The Morgan fingerprint density at radius 3 is 2.71 bits per heavy atom. The number of carbonyl (C=O) groups is 2. The van der Waals surface area contributed by atoms with Gasteiger partial charge >= 0.3 is 0 Å². The van der Waals surface area contributed by atoms with Crippen LogP contribution in [0, 0.1) is 11.7 Å². The Balaban J connectivity index is 1.55. The molecule has 0 radical (unpaired) electrons. The number of anilines is 1. The molecule has 0 bridgehead atoms. The molecule has 1 atom stereocenters. The first-order chi connectivity index (χ1) is 13.5. The molecule has 28 heavy (non-hydrogen) atoms. The van der Waals surface area contributed by atoms with Gasteiger partial charge in [0.1, 0.15) is 11.6 Å². The average Bonchev–Trinajstić information content (AvgIpc) is 3.09. The van der Waals surface area contributed by atoms with Crippen LogP contribution in [0.4, 0.5) is 10.1 Å². The summed E-state index contributed by atoms with van der Waals surface area (Å²) in [7, 11) is 0. The number of hydrogen-bond donors (Lipinski definition) is 1. The van der Waals surface area contributed by atoms with E-state index in [0.29, 0.717) is 18.8 Å². The van der Waals surface area contributed by atoms with Gasteiger partial charge in [-0.15, -0.1) is 0 Å². The predicted molar refractivity (Wildman–Crippen MR) is 106 cm³/mol. The molecule has 0 spiro atoms. The summed E-state index contributed by atoms with van der Waals surface area (Å²) in [4.78, 5) is 26.2. The van der Waals surface area contributed by atoms with E-state index in [1.54, 1.807) is 0 Å². The number of halogens is 2. The molecule has 1 aliphatic heterocycles. The molecule has 148 valence electrons. The van der Waals surface area contributed by atoms with Crippen LogP contribution in [0.25, 0.3) is 0 Å². The Labute approximate surface area is 168 Å². The van der Waals surface area contributed by atoms with Crippen LogP contribution in [-0.2, 0) is 16.1 Å². The summed E-state index contributed by atoms with van der Waals surface area (Å²) in [5.41, 5.74) is 1.44. The molecular weight excluding hydrogens is 383 g/mol. The molecule has 1 fully saturated rings. The summed E-state index contributed by atoms with van der Waals surface area (Å²) in [5, 5.41) is 2.82. The lowest BCUT2D eigenvalue weighted by Crippen LogP contribution is -2.32. The lowest BCUT2D eigenvalue weighted by atomic mass is 10.1. The summed E-state index contributed by atoms with van der Waals surface area (Å²) in [5.74, 6) is -0.566. The van der Waals surface area contributed by atoms with Gasteiger partial charge in [0.25, 0.3) is 0 Å². The summed E-state index contributed by atoms with van der Waals surface area (Å²) in [6.45, 7) is 3.33. The fraction of sp³-hybridized carbons (Fsp3) is 0.333. The zero-order chi connectivity index (χ0) is 20.1. The highest BCUT2D eigenvalue weighted by Gasteiger charge is 2.35. The van der Waals surface area contributed by atoms with Crippen LogP contribution in [0.1, 0.15) is 25.3 Å². The third-order valence-electron chi connectivity index (χ3n) is 4.57. The monoisotopic (exact) mass is 404 g/mol. The standard InChI is InChI=1S/C21H22ClFN2O3/c1-2-9-28-17-6-3-14(4-7-17)12-24-21(27)15-10-20(26)25(13-15)16-5-8-19(23)18(22)11-16/h3-8,11,15H,2,9-10,12-13H2,1H3,(H,24,27)/t15-/m1/s1. The van der Waals surface area contributed by atoms with Gasteiger partial charge in [-0.1, -0.05) is 30.7 Å². The number of amides is 2. The number of nitrogens with zero attached hydrogens (tertiary/aromatic N) is 1. The third-order valence-corrected chi connectivity index (χ3v) is 4.86. The second kappa shape index (κ2) is 9.06. The van der Waals surface area contributed by atoms with Gasteiger partial charge in [0, 0.05) is 25.2 Å². The SMILES string of the molecule is CCCOc1ccc(CNC(=O)[C@@H]2CC(=O)N(c3ccc(F)c(Cl)c3)C2)cc1. The fourth-order valence-electron chi connectivity index (χ4n) is 3.04. The van der Waals surface area contributed by atoms with Crippen molar-refractivity contribution >= 4 is 29.1 Å². The van der Waals surface area contributed by atoms with Crippen molar-refractivity contribution in [3.8, 4) is 5.75 Å². The first-order valence-corrected chi connectivity index (χ1v) is 9.60. The van der Waals surface area contributed by atoms with E-state index in [2.05, 4.69) is 5.32 Å². The molecule has 3 rings (SSSR count). The molecule has 0 unspecified atom stereocenters. The fourth-order valence-corrected chi connectivity index (χ4v) is 3.22. The van der Waals surface area contributed by atoms with Crippen molar-refractivity contribution in [3.05, 3.63) is 58.9 Å². The highest BCUT2D eigenvalue weighted by molar-refractivity contribution is 6.31. The molecule has 2 aromatic rings. The van der Waals surface area contributed by atoms with Crippen molar-refractivity contribution < 1.29 is 18.7 Å². The van der Waals surface area contributed by atoms with Gasteiger partial charge in [-0.3, -0.25) is 9.59 Å². The number of rotatable bonds is 7. The second-order valence-corrected chi connectivity index (χ2v) is 7.12. The maximum absolute atomic E-state index is 13.3. The van der Waals surface area contributed by atoms with Crippen LogP contribution in [0.15, 0.2) is 42.5 Å². The second-order valence-electron chi connectivity index (χ2n) is 6.71. The minimum Gasteiger partial charge on any atom is -0.494 e. The topological polar surface area (TPSA) is 58.6 Å². The molecule has 2 aromatic carbocycles. The van der Waals surface area contributed by atoms with Crippen molar-refractivity contribution in [1.29, 1.82) is 0 Å². The van der Waals surface area contributed by atoms with Crippen LogP contribution in [0.3, 0.4) is 0 Å². The van der Waals surface area contributed by atoms with Gasteiger partial charge in [-0.05, 0) is 42.3 Å². The summed E-state index contributed by atoms with van der Waals surface area (Å²) in [6.07, 6.45) is 1.06. The molecule has 2 amide bonds. The zero-order valence-electron chi connectivity index (χ0n) is 15.6. The van der Waals surface area contributed by atoms with E-state index in [-0.39, 0.29) is 29.8 Å². The highest BCUT2D eigenvalue weighted by Crippen LogP contribution is 2.28. The first-order valence-electron chi connectivity index (χ1n) is 9.22. The molecule has 0 aliphatic carbocycles. The predicted octanol–water partition coefficient (Wildman–Crippen LogP) is 3.94. The van der Waals surface area contributed by atoms with Gasteiger partial charge in [0.05, 0.1) is 17.5 Å². The van der Waals surface area contributed by atoms with Crippen LogP contribution < -0.4 is 15.0 Å². The van der Waals surface area contributed by atoms with Gasteiger partial charge in [-0.25, -0.2) is 4.39 Å². The van der Waals surface area contributed by atoms with E-state index in [1.165, 1.54) is 23.1 Å². The maximum atomic E-state index is 13.3. The van der Waals surface area contributed by atoms with Crippen LogP contribution in [0.5, 0.6) is 5.75 Å². The van der Waals surface area contributed by atoms with E-state index in [0.717, 1.165) is 17.7 Å². The number of carbonyl (C=O) groups excluding carboxylic acids is 2. The smallest absolute Gasteiger partial charge is 0.227 e. The molecule has 1 N–H and O–H groups in total. The van der Waals surface area contributed by atoms with Crippen molar-refractivity contribution in [2.75, 3.05) is 18.1 Å². The molecule has 1 aliphatic rings. The molecule has 5 nitrogen and oxygen atoms in total. The Kier molecular flexibility index (Phi) is 6.52. The third kappa shape index (κ3) is 4.81. The Morgan fingerprint density at radius 2 is 2.04 bits per heavy atom. The Bertz CT molecular complexity index is 857. The van der Waals surface area contributed by atoms with Crippen molar-refractivity contribution in [3.63, 3.8) is 0 Å². The number of nitrogens with one attached hydrogen (secondary N) is 1. The van der Waals surface area contributed by atoms with Crippen LogP contribution in [0.2, 0.25) is 5.02 Å². The number of hydrogen-bond acceptors (Lipinski definition) is 3. The Hall–Kier alpha value is -2.60. The summed E-state index contributed by atoms with van der Waals surface area (Å²) in [6, 6.07) is 11.6. The molecule has 1 heterocycles. The van der Waals surface area contributed by atoms with E-state index >= 15 is 0 Å². The maximum Gasteiger partial charge on any atom is 0.227 e. The molecule has 0 aromatic heterocycles. The van der Waals surface area contributed by atoms with E-state index in [4.69, 9.17) is 16.3 Å². The largest absolute Gasteiger partial charge is 0.494 e. The Morgan fingerprint density at radius 1 is 1.29 bits per heavy atom. The summed E-state index contributed by atoms with van der Waals surface area (Å²) >= 11 is 5.79. The van der Waals surface area contributed by atoms with Gasteiger partial charge in [0.2, 0.25) is 11.8 Å². The number of ether oxygens (including phenoxy) is 1. The van der Waals surface area contributed by atoms with E-state index in [9.17, 15) is 14.0 Å². The molecule has 1 saturated heterocycles. The molecular formula is C21H22ClFN2O3. The van der Waals surface area contributed by atoms with Gasteiger partial charge < -0.3 is 15.0 Å². The summed E-state index contributed by atoms with van der Waals surface area (Å²) < 4.78 is 18.9. The van der Waals surface area contributed by atoms with Crippen LogP contribution in [-0.4, -0.2) is 25.0 Å². The quantitative estimate of drug-likeness (QED) is 0.760. The molecule has 0 saturated carbocycles. The van der Waals surface area contributed by atoms with E-state index in [1.807, 2.05) is 31.2 Å². The lowest BCUT2D eigenvalue weighted by molar-refractivity contribution is -0.126. The van der Waals surface area contributed by atoms with Crippen LogP contribution >= 0.6 is 11.6 Å². The minimum atomic E-state index is -0.544. The van der Waals surface area contributed by atoms with E-state index < -0.39 is 11.7 Å². The minimum absolute atomic E-state index is 0.0513. The number of benzene rings is 2. The zero-order valence-corrected chi connectivity index (χ0v) is 16.3. The average molecular weight is 405 g/mol.